The molecule has 0 saturated carbocycles. The number of benzene rings is 4. The number of fused-ring (bicyclic) bond motifs is 2. The van der Waals surface area contributed by atoms with E-state index in [4.69, 9.17) is 6.58 Å². The first-order valence-corrected chi connectivity index (χ1v) is 14.7. The topological polar surface area (TPSA) is 0 Å². The SMILES string of the molecule is C=C/C=C\c1cc(-c2ccc(C3=c4ccccc4=C(C(=C)c4ccccc4/C=C\C)C4CC=CC=C34)cc2)ccc1C. The molecule has 1 atom stereocenters. The highest BCUT2D eigenvalue weighted by Gasteiger charge is 2.30. The van der Waals surface area contributed by atoms with Gasteiger partial charge in [0.05, 0.1) is 0 Å². The summed E-state index contributed by atoms with van der Waals surface area (Å²) < 4.78 is 0. The van der Waals surface area contributed by atoms with E-state index in [-0.39, 0.29) is 5.92 Å². The van der Waals surface area contributed by atoms with Crippen molar-refractivity contribution in [2.75, 3.05) is 0 Å². The number of hydrogen-bond acceptors (Lipinski definition) is 0. The van der Waals surface area contributed by atoms with Gasteiger partial charge in [0.25, 0.3) is 0 Å². The zero-order valence-electron chi connectivity index (χ0n) is 24.5. The summed E-state index contributed by atoms with van der Waals surface area (Å²) in [6.07, 6.45) is 18.0. The molecule has 1 unspecified atom stereocenters. The molecule has 204 valence electrons. The average molecular weight is 541 g/mol. The molecule has 0 spiro atoms. The second-order valence-electron chi connectivity index (χ2n) is 11.0. The molecule has 0 heteroatoms. The van der Waals surface area contributed by atoms with Gasteiger partial charge in [0, 0.05) is 5.92 Å². The van der Waals surface area contributed by atoms with Gasteiger partial charge < -0.3 is 0 Å². The molecule has 0 amide bonds. The summed E-state index contributed by atoms with van der Waals surface area (Å²) in [5.41, 5.74) is 13.7. The van der Waals surface area contributed by atoms with Crippen LogP contribution < -0.4 is 10.4 Å². The molecular weight excluding hydrogens is 504 g/mol. The fraction of sp³-hybridized carbons (Fsp3) is 0.0952. The van der Waals surface area contributed by atoms with Crippen LogP contribution in [0.15, 0.2) is 146 Å². The van der Waals surface area contributed by atoms with E-state index < -0.39 is 0 Å². The van der Waals surface area contributed by atoms with Crippen LogP contribution >= 0.6 is 0 Å². The third-order valence-corrected chi connectivity index (χ3v) is 8.44. The van der Waals surface area contributed by atoms with Crippen molar-refractivity contribution >= 4 is 28.9 Å². The maximum absolute atomic E-state index is 4.71. The molecule has 42 heavy (non-hydrogen) atoms. The fourth-order valence-corrected chi connectivity index (χ4v) is 6.38. The van der Waals surface area contributed by atoms with Gasteiger partial charge in [-0.2, -0.15) is 0 Å². The van der Waals surface area contributed by atoms with E-state index in [0.717, 1.165) is 12.0 Å². The summed E-state index contributed by atoms with van der Waals surface area (Å²) in [7, 11) is 0. The van der Waals surface area contributed by atoms with Crippen LogP contribution in [-0.4, -0.2) is 0 Å². The van der Waals surface area contributed by atoms with Gasteiger partial charge in [0.15, 0.2) is 0 Å². The van der Waals surface area contributed by atoms with Crippen LogP contribution in [0.25, 0.3) is 40.0 Å². The van der Waals surface area contributed by atoms with E-state index in [1.807, 2.05) is 12.2 Å². The summed E-state index contributed by atoms with van der Waals surface area (Å²) in [6.45, 7) is 12.7. The molecule has 0 radical (unpaired) electrons. The zero-order valence-corrected chi connectivity index (χ0v) is 24.5. The minimum atomic E-state index is 0.252. The van der Waals surface area contributed by atoms with Gasteiger partial charge in [0.1, 0.15) is 0 Å². The van der Waals surface area contributed by atoms with Crippen LogP contribution in [-0.2, 0) is 0 Å². The van der Waals surface area contributed by atoms with Gasteiger partial charge in [-0.3, -0.25) is 0 Å². The summed E-state index contributed by atoms with van der Waals surface area (Å²) in [4.78, 5) is 0. The average Bonchev–Trinajstić information content (AvgIpc) is 3.03. The molecule has 0 aliphatic heterocycles. The molecule has 0 N–H and O–H groups in total. The molecular formula is C42H36. The van der Waals surface area contributed by atoms with Crippen LogP contribution in [0.5, 0.6) is 0 Å². The minimum absolute atomic E-state index is 0.252. The molecule has 4 aromatic rings. The molecule has 0 saturated heterocycles. The lowest BCUT2D eigenvalue weighted by Crippen LogP contribution is -2.37. The largest absolute Gasteiger partial charge is 0.0991 e. The van der Waals surface area contributed by atoms with Gasteiger partial charge in [0.2, 0.25) is 0 Å². The molecule has 4 aromatic carbocycles. The van der Waals surface area contributed by atoms with Crippen molar-refractivity contribution in [3.63, 3.8) is 0 Å². The standard InChI is InChI=1S/C42H36/c1-5-7-15-34-28-35(23-22-29(34)3)31-24-26-33(27-25-31)42-39-20-12-10-18-37(39)41(38-19-11-13-21-40(38)42)30(4)36-17-9-8-16-32(36)14-6-2/h5-18,20-28,38H,1,4,19H2,2-3H3/b14-6-,15-7-. The van der Waals surface area contributed by atoms with Gasteiger partial charge in [-0.05, 0) is 98.0 Å². The summed E-state index contributed by atoms with van der Waals surface area (Å²) in [6, 6.07) is 33.2. The third kappa shape index (κ3) is 5.01. The highest BCUT2D eigenvalue weighted by molar-refractivity contribution is 6.03. The van der Waals surface area contributed by atoms with Crippen LogP contribution in [0.4, 0.5) is 0 Å². The van der Waals surface area contributed by atoms with Gasteiger partial charge >= 0.3 is 0 Å². The summed E-state index contributed by atoms with van der Waals surface area (Å²) in [5.74, 6) is 0.252. The monoisotopic (exact) mass is 540 g/mol. The Labute approximate surface area is 250 Å². The second-order valence-corrected chi connectivity index (χ2v) is 11.0. The van der Waals surface area contributed by atoms with Crippen LogP contribution in [0.3, 0.4) is 0 Å². The Kier molecular flexibility index (Phi) is 7.71. The van der Waals surface area contributed by atoms with Gasteiger partial charge in [-0.1, -0.05) is 147 Å². The van der Waals surface area contributed by atoms with Crippen LogP contribution in [0.2, 0.25) is 0 Å². The van der Waals surface area contributed by atoms with E-state index in [1.165, 1.54) is 66.1 Å². The Balaban J connectivity index is 1.52. The predicted octanol–water partition coefficient (Wildman–Crippen LogP) is 9.47. The van der Waals surface area contributed by atoms with E-state index in [1.54, 1.807) is 0 Å². The van der Waals surface area contributed by atoms with Crippen molar-refractivity contribution in [3.8, 4) is 11.1 Å². The van der Waals surface area contributed by atoms with E-state index in [9.17, 15) is 0 Å². The Morgan fingerprint density at radius 3 is 2.29 bits per heavy atom. The maximum Gasteiger partial charge on any atom is 0.0142 e. The Bertz CT molecular complexity index is 1930. The Morgan fingerprint density at radius 2 is 1.50 bits per heavy atom. The predicted molar refractivity (Wildman–Crippen MR) is 183 cm³/mol. The Morgan fingerprint density at radius 1 is 0.786 bits per heavy atom. The number of allylic oxidation sites excluding steroid dienone is 8. The van der Waals surface area contributed by atoms with E-state index in [2.05, 4.69) is 148 Å². The Hall–Kier alpha value is -4.94. The maximum atomic E-state index is 4.71. The zero-order chi connectivity index (χ0) is 29.1. The van der Waals surface area contributed by atoms with Crippen LogP contribution in [0.1, 0.15) is 41.2 Å². The van der Waals surface area contributed by atoms with Gasteiger partial charge in [-0.15, -0.1) is 0 Å². The van der Waals surface area contributed by atoms with Crippen molar-refractivity contribution in [1.29, 1.82) is 0 Å². The third-order valence-electron chi connectivity index (χ3n) is 8.44. The molecule has 0 aromatic heterocycles. The fourth-order valence-electron chi connectivity index (χ4n) is 6.38. The van der Waals surface area contributed by atoms with Gasteiger partial charge in [-0.25, -0.2) is 0 Å². The number of rotatable bonds is 7. The molecule has 2 aliphatic carbocycles. The number of aryl methyl sites for hydroxylation is 1. The van der Waals surface area contributed by atoms with Crippen molar-refractivity contribution in [3.05, 3.63) is 184 Å². The first kappa shape index (κ1) is 27.2. The highest BCUT2D eigenvalue weighted by Crippen LogP contribution is 2.43. The minimum Gasteiger partial charge on any atom is -0.0991 e. The van der Waals surface area contributed by atoms with Crippen LogP contribution in [0, 0.1) is 12.8 Å². The quantitative estimate of drug-likeness (QED) is 0.205. The molecule has 2 aliphatic rings. The molecule has 6 rings (SSSR count). The number of hydrogen-bond donors (Lipinski definition) is 0. The molecule has 0 fully saturated rings. The van der Waals surface area contributed by atoms with E-state index in [0.29, 0.717) is 0 Å². The first-order valence-electron chi connectivity index (χ1n) is 14.7. The highest BCUT2D eigenvalue weighted by atomic mass is 14.3. The summed E-state index contributed by atoms with van der Waals surface area (Å²) >= 11 is 0. The summed E-state index contributed by atoms with van der Waals surface area (Å²) in [5, 5.41) is 2.56. The molecule has 0 nitrogen and oxygen atoms in total. The lowest BCUT2D eigenvalue weighted by Gasteiger charge is -2.32. The lowest BCUT2D eigenvalue weighted by atomic mass is 9.71. The first-order chi connectivity index (χ1) is 20.6. The van der Waals surface area contributed by atoms with Crippen molar-refractivity contribution in [2.45, 2.75) is 20.3 Å². The van der Waals surface area contributed by atoms with Crippen molar-refractivity contribution < 1.29 is 0 Å². The molecule has 0 heterocycles. The normalized spacial score (nSPS) is 16.0. The van der Waals surface area contributed by atoms with Crippen molar-refractivity contribution in [1.82, 2.24) is 0 Å². The smallest absolute Gasteiger partial charge is 0.0142 e. The second kappa shape index (κ2) is 11.9. The van der Waals surface area contributed by atoms with E-state index >= 15 is 0 Å². The lowest BCUT2D eigenvalue weighted by molar-refractivity contribution is 0.805. The van der Waals surface area contributed by atoms with Crippen molar-refractivity contribution in [2.24, 2.45) is 5.92 Å². The molecule has 0 bridgehead atoms.